The molecule has 20 heavy (non-hydrogen) atoms. The van der Waals surface area contributed by atoms with Gasteiger partial charge in [-0.2, -0.15) is 0 Å². The van der Waals surface area contributed by atoms with Crippen molar-refractivity contribution < 1.29 is 0 Å². The fourth-order valence-corrected chi connectivity index (χ4v) is 3.67. The van der Waals surface area contributed by atoms with Crippen LogP contribution in [0.1, 0.15) is 29.9 Å². The third-order valence-electron chi connectivity index (χ3n) is 3.89. The monoisotopic (exact) mass is 393 g/mol. The average molecular weight is 395 g/mol. The van der Waals surface area contributed by atoms with Crippen LogP contribution in [0.2, 0.25) is 0 Å². The molecule has 1 saturated carbocycles. The molecule has 2 aromatic rings. The van der Waals surface area contributed by atoms with Crippen LogP contribution in [-0.4, -0.2) is 6.04 Å². The Kier molecular flexibility index (Phi) is 4.18. The van der Waals surface area contributed by atoms with E-state index in [0.717, 1.165) is 8.95 Å². The van der Waals surface area contributed by atoms with Crippen LogP contribution >= 0.6 is 31.9 Å². The summed E-state index contributed by atoms with van der Waals surface area (Å²) in [5.41, 5.74) is 3.96. The molecule has 1 N–H and O–H groups in total. The molecule has 0 saturated heterocycles. The SMILES string of the molecule is Cc1cc(Br)cc(NC2CC(c3ccc(Br)cc3)C2)c1. The van der Waals surface area contributed by atoms with Gasteiger partial charge < -0.3 is 5.32 Å². The molecular formula is C17H17Br2N. The number of hydrogen-bond donors (Lipinski definition) is 1. The molecule has 0 unspecified atom stereocenters. The third kappa shape index (κ3) is 3.26. The van der Waals surface area contributed by atoms with E-state index in [9.17, 15) is 0 Å². The first-order valence-corrected chi connectivity index (χ1v) is 8.48. The Morgan fingerprint density at radius 1 is 0.950 bits per heavy atom. The van der Waals surface area contributed by atoms with Crippen LogP contribution in [0.25, 0.3) is 0 Å². The molecule has 3 rings (SSSR count). The third-order valence-corrected chi connectivity index (χ3v) is 4.88. The normalized spacial score (nSPS) is 21.4. The fourth-order valence-electron chi connectivity index (χ4n) is 2.80. The highest BCUT2D eigenvalue weighted by Gasteiger charge is 2.30. The van der Waals surface area contributed by atoms with Gasteiger partial charge in [-0.05, 0) is 67.1 Å². The second-order valence-corrected chi connectivity index (χ2v) is 7.41. The maximum absolute atomic E-state index is 3.63. The summed E-state index contributed by atoms with van der Waals surface area (Å²) in [5.74, 6) is 0.703. The lowest BCUT2D eigenvalue weighted by Crippen LogP contribution is -2.33. The van der Waals surface area contributed by atoms with Gasteiger partial charge in [0.05, 0.1) is 0 Å². The largest absolute Gasteiger partial charge is 0.382 e. The molecule has 1 aliphatic rings. The van der Waals surface area contributed by atoms with Gasteiger partial charge in [-0.1, -0.05) is 44.0 Å². The molecule has 1 fully saturated rings. The van der Waals surface area contributed by atoms with E-state index in [0.29, 0.717) is 12.0 Å². The molecule has 0 spiro atoms. The van der Waals surface area contributed by atoms with Crippen LogP contribution in [0, 0.1) is 6.92 Å². The van der Waals surface area contributed by atoms with Crippen LogP contribution in [0.5, 0.6) is 0 Å². The van der Waals surface area contributed by atoms with Gasteiger partial charge in [-0.3, -0.25) is 0 Å². The maximum atomic E-state index is 3.63. The molecule has 1 aliphatic carbocycles. The van der Waals surface area contributed by atoms with Gasteiger partial charge >= 0.3 is 0 Å². The van der Waals surface area contributed by atoms with Gasteiger partial charge in [0.15, 0.2) is 0 Å². The minimum absolute atomic E-state index is 0.595. The van der Waals surface area contributed by atoms with Crippen LogP contribution in [0.15, 0.2) is 51.4 Å². The zero-order valence-electron chi connectivity index (χ0n) is 11.4. The topological polar surface area (TPSA) is 12.0 Å². The Bertz CT molecular complexity index is 581. The zero-order chi connectivity index (χ0) is 14.1. The molecule has 0 aromatic heterocycles. The minimum atomic E-state index is 0.595. The summed E-state index contributed by atoms with van der Waals surface area (Å²) in [6.07, 6.45) is 2.43. The van der Waals surface area contributed by atoms with Crippen LogP contribution in [0.3, 0.4) is 0 Å². The van der Waals surface area contributed by atoms with E-state index in [1.54, 1.807) is 0 Å². The van der Waals surface area contributed by atoms with E-state index in [1.165, 1.54) is 29.7 Å². The summed E-state index contributed by atoms with van der Waals surface area (Å²) >= 11 is 7.04. The Balaban J connectivity index is 1.59. The number of anilines is 1. The predicted octanol–water partition coefficient (Wildman–Crippen LogP) is 5.88. The first kappa shape index (κ1) is 14.2. The number of nitrogens with one attached hydrogen (secondary N) is 1. The molecule has 0 amide bonds. The van der Waals surface area contributed by atoms with E-state index >= 15 is 0 Å². The van der Waals surface area contributed by atoms with Crippen molar-refractivity contribution in [2.45, 2.75) is 31.7 Å². The highest BCUT2D eigenvalue weighted by atomic mass is 79.9. The van der Waals surface area contributed by atoms with Crippen molar-refractivity contribution in [1.82, 2.24) is 0 Å². The van der Waals surface area contributed by atoms with Crippen molar-refractivity contribution >= 4 is 37.5 Å². The minimum Gasteiger partial charge on any atom is -0.382 e. The van der Waals surface area contributed by atoms with Gasteiger partial charge in [-0.15, -0.1) is 0 Å². The lowest BCUT2D eigenvalue weighted by atomic mass is 9.76. The number of aryl methyl sites for hydroxylation is 1. The number of rotatable bonds is 3. The summed E-state index contributed by atoms with van der Waals surface area (Å²) in [5, 5.41) is 3.63. The van der Waals surface area contributed by atoms with Crippen molar-refractivity contribution in [2.75, 3.05) is 5.32 Å². The smallest absolute Gasteiger partial charge is 0.0356 e. The van der Waals surface area contributed by atoms with Gasteiger partial charge in [0.1, 0.15) is 0 Å². The molecule has 0 radical (unpaired) electrons. The van der Waals surface area contributed by atoms with Crippen molar-refractivity contribution in [3.8, 4) is 0 Å². The lowest BCUT2D eigenvalue weighted by Gasteiger charge is -2.37. The second-order valence-electron chi connectivity index (χ2n) is 5.58. The fraction of sp³-hybridized carbons (Fsp3) is 0.294. The molecule has 0 aliphatic heterocycles. The quantitative estimate of drug-likeness (QED) is 0.685. The number of benzene rings is 2. The first-order chi connectivity index (χ1) is 9.60. The number of halogens is 2. The second kappa shape index (κ2) is 5.90. The highest BCUT2D eigenvalue weighted by Crippen LogP contribution is 2.39. The van der Waals surface area contributed by atoms with Gasteiger partial charge in [0.25, 0.3) is 0 Å². The van der Waals surface area contributed by atoms with E-state index in [2.05, 4.69) is 86.6 Å². The Hall–Kier alpha value is -0.800. The van der Waals surface area contributed by atoms with Gasteiger partial charge in [0.2, 0.25) is 0 Å². The highest BCUT2D eigenvalue weighted by molar-refractivity contribution is 9.10. The van der Waals surface area contributed by atoms with E-state index < -0.39 is 0 Å². The number of hydrogen-bond acceptors (Lipinski definition) is 1. The Morgan fingerprint density at radius 2 is 1.65 bits per heavy atom. The standard InChI is InChI=1S/C17H17Br2N/c1-11-6-15(19)10-16(7-11)20-17-8-13(9-17)12-2-4-14(18)5-3-12/h2-7,10,13,17,20H,8-9H2,1H3. The summed E-state index contributed by atoms with van der Waals surface area (Å²) < 4.78 is 2.30. The van der Waals surface area contributed by atoms with E-state index in [4.69, 9.17) is 0 Å². The molecule has 0 bridgehead atoms. The van der Waals surface area contributed by atoms with E-state index in [1.807, 2.05) is 0 Å². The van der Waals surface area contributed by atoms with Crippen molar-refractivity contribution in [3.05, 3.63) is 62.5 Å². The summed E-state index contributed by atoms with van der Waals surface area (Å²) in [6, 6.07) is 15.8. The Labute approximate surface area is 137 Å². The van der Waals surface area contributed by atoms with Crippen LogP contribution < -0.4 is 5.32 Å². The maximum Gasteiger partial charge on any atom is 0.0356 e. The average Bonchev–Trinajstić information content (AvgIpc) is 2.33. The summed E-state index contributed by atoms with van der Waals surface area (Å²) in [7, 11) is 0. The first-order valence-electron chi connectivity index (χ1n) is 6.89. The Morgan fingerprint density at radius 3 is 2.30 bits per heavy atom. The molecular weight excluding hydrogens is 378 g/mol. The molecule has 0 atom stereocenters. The molecule has 0 heterocycles. The molecule has 3 heteroatoms. The lowest BCUT2D eigenvalue weighted by molar-refractivity contribution is 0.374. The van der Waals surface area contributed by atoms with E-state index in [-0.39, 0.29) is 0 Å². The van der Waals surface area contributed by atoms with Crippen LogP contribution in [0.4, 0.5) is 5.69 Å². The zero-order valence-corrected chi connectivity index (χ0v) is 14.5. The summed E-state index contributed by atoms with van der Waals surface area (Å²) in [6.45, 7) is 2.13. The molecule has 1 nitrogen and oxygen atoms in total. The molecule has 2 aromatic carbocycles. The van der Waals surface area contributed by atoms with Crippen molar-refractivity contribution in [3.63, 3.8) is 0 Å². The summed E-state index contributed by atoms with van der Waals surface area (Å²) in [4.78, 5) is 0. The van der Waals surface area contributed by atoms with Crippen molar-refractivity contribution in [2.24, 2.45) is 0 Å². The predicted molar refractivity (Wildman–Crippen MR) is 92.4 cm³/mol. The van der Waals surface area contributed by atoms with Gasteiger partial charge in [0, 0.05) is 20.7 Å². The van der Waals surface area contributed by atoms with Crippen molar-refractivity contribution in [1.29, 1.82) is 0 Å². The molecule has 104 valence electrons. The van der Waals surface area contributed by atoms with Gasteiger partial charge in [-0.25, -0.2) is 0 Å². The van der Waals surface area contributed by atoms with Crippen LogP contribution in [-0.2, 0) is 0 Å².